The number of urea groups is 1. The average Bonchev–Trinajstić information content (AvgIpc) is 2.90. The summed E-state index contributed by atoms with van der Waals surface area (Å²) in [6, 6.07) is 8.55. The first-order valence-electron chi connectivity index (χ1n) is 8.73. The van der Waals surface area contributed by atoms with Crippen LogP contribution < -0.4 is 10.1 Å². The van der Waals surface area contributed by atoms with Gasteiger partial charge in [-0.3, -0.25) is 0 Å². The summed E-state index contributed by atoms with van der Waals surface area (Å²) in [5, 5.41) is 2.40. The highest BCUT2D eigenvalue weighted by atomic mass is 19.1. The Morgan fingerprint density at radius 2 is 1.77 bits per heavy atom. The van der Waals surface area contributed by atoms with E-state index in [1.165, 1.54) is 6.07 Å². The van der Waals surface area contributed by atoms with Crippen LogP contribution in [0.25, 0.3) is 0 Å². The average molecular weight is 359 g/mol. The number of aromatic nitrogens is 1. The van der Waals surface area contributed by atoms with Gasteiger partial charge in [-0.05, 0) is 31.0 Å². The zero-order valence-electron chi connectivity index (χ0n) is 14.1. The number of nitrogens with one attached hydrogen (secondary N) is 1. The zero-order valence-corrected chi connectivity index (χ0v) is 14.1. The number of hydrogen-bond donors (Lipinski definition) is 1. The number of carbonyl (C=O) groups is 1. The molecule has 1 aromatic heterocycles. The van der Waals surface area contributed by atoms with Crippen LogP contribution in [-0.2, 0) is 0 Å². The molecular weight excluding hydrogens is 340 g/mol. The largest absolute Gasteiger partial charge is 0.474 e. The number of piperidine rings is 1. The van der Waals surface area contributed by atoms with Gasteiger partial charge in [0.05, 0.1) is 0 Å². The summed E-state index contributed by atoms with van der Waals surface area (Å²) >= 11 is 0. The minimum Gasteiger partial charge on any atom is -0.474 e. The van der Waals surface area contributed by atoms with Crippen LogP contribution in [0, 0.1) is 11.6 Å². The van der Waals surface area contributed by atoms with Gasteiger partial charge in [-0.25, -0.2) is 18.6 Å². The summed E-state index contributed by atoms with van der Waals surface area (Å²) in [6.07, 6.45) is 4.74. The van der Waals surface area contributed by atoms with Gasteiger partial charge in [-0.15, -0.1) is 0 Å². The number of pyridine rings is 1. The lowest BCUT2D eigenvalue weighted by atomic mass is 10.00. The number of amides is 2. The molecule has 2 unspecified atom stereocenters. The number of anilines is 1. The van der Waals surface area contributed by atoms with Gasteiger partial charge in [-0.2, -0.15) is 0 Å². The smallest absolute Gasteiger partial charge is 0.322 e. The second-order valence-electron chi connectivity index (χ2n) is 6.70. The lowest BCUT2D eigenvalue weighted by Gasteiger charge is -2.38. The van der Waals surface area contributed by atoms with E-state index < -0.39 is 23.4 Å². The molecule has 4 rings (SSSR count). The van der Waals surface area contributed by atoms with E-state index in [4.69, 9.17) is 4.74 Å². The minimum absolute atomic E-state index is 0.00250. The summed E-state index contributed by atoms with van der Waals surface area (Å²) in [4.78, 5) is 18.5. The van der Waals surface area contributed by atoms with Gasteiger partial charge in [0.15, 0.2) is 0 Å². The van der Waals surface area contributed by atoms with Crippen molar-refractivity contribution in [3.8, 4) is 5.88 Å². The molecule has 136 valence electrons. The van der Waals surface area contributed by atoms with Crippen LogP contribution in [0.3, 0.4) is 0 Å². The number of nitrogens with zero attached hydrogens (tertiary/aromatic N) is 2. The number of carbonyl (C=O) groups excluding carboxylic acids is 1. The van der Waals surface area contributed by atoms with Crippen molar-refractivity contribution in [2.75, 3.05) is 5.32 Å². The highest BCUT2D eigenvalue weighted by molar-refractivity contribution is 5.90. The first-order valence-corrected chi connectivity index (χ1v) is 8.73. The van der Waals surface area contributed by atoms with Crippen LogP contribution in [-0.4, -0.2) is 34.1 Å². The van der Waals surface area contributed by atoms with Crippen molar-refractivity contribution in [2.24, 2.45) is 0 Å². The molecule has 0 saturated carbocycles. The van der Waals surface area contributed by atoms with E-state index in [1.54, 1.807) is 11.1 Å². The standard InChI is InChI=1S/C19H19F2N3O2/c20-15-4-3-5-16(21)18(15)23-19(25)24-12-7-8-13(24)11-14(10-12)26-17-6-1-2-9-22-17/h1-6,9,12-14H,7-8,10-11H2,(H,23,25). The normalized spacial score (nSPS) is 24.4. The van der Waals surface area contributed by atoms with Gasteiger partial charge in [0.25, 0.3) is 0 Å². The number of benzene rings is 1. The number of ether oxygens (including phenoxy) is 1. The van der Waals surface area contributed by atoms with E-state index in [-0.39, 0.29) is 18.2 Å². The number of halogens is 2. The van der Waals surface area contributed by atoms with Crippen molar-refractivity contribution in [1.82, 2.24) is 9.88 Å². The number of para-hydroxylation sites is 1. The second-order valence-corrected chi connectivity index (χ2v) is 6.70. The van der Waals surface area contributed by atoms with Crippen LogP contribution in [0.2, 0.25) is 0 Å². The third-order valence-corrected chi connectivity index (χ3v) is 5.04. The van der Waals surface area contributed by atoms with Crippen molar-refractivity contribution >= 4 is 11.7 Å². The summed E-state index contributed by atoms with van der Waals surface area (Å²) in [5.74, 6) is -0.985. The Balaban J connectivity index is 1.44. The molecule has 2 fully saturated rings. The highest BCUT2D eigenvalue weighted by Crippen LogP contribution is 2.37. The molecule has 7 heteroatoms. The monoisotopic (exact) mass is 359 g/mol. The minimum atomic E-state index is -0.779. The molecule has 2 saturated heterocycles. The maximum absolute atomic E-state index is 13.8. The highest BCUT2D eigenvalue weighted by Gasteiger charge is 2.44. The fourth-order valence-corrected chi connectivity index (χ4v) is 3.93. The van der Waals surface area contributed by atoms with E-state index in [2.05, 4.69) is 10.3 Å². The second kappa shape index (κ2) is 6.90. The Hall–Kier alpha value is -2.70. The molecule has 5 nitrogen and oxygen atoms in total. The number of fused-ring (bicyclic) bond motifs is 2. The SMILES string of the molecule is O=C(Nc1c(F)cccc1F)N1C2CCC1CC(Oc1ccccn1)C2. The Morgan fingerprint density at radius 3 is 2.38 bits per heavy atom. The van der Waals surface area contributed by atoms with Crippen molar-refractivity contribution in [3.63, 3.8) is 0 Å². The predicted molar refractivity (Wildman–Crippen MR) is 91.9 cm³/mol. The molecular formula is C19H19F2N3O2. The van der Waals surface area contributed by atoms with Crippen LogP contribution in [0.15, 0.2) is 42.6 Å². The van der Waals surface area contributed by atoms with Gasteiger partial charge in [0.1, 0.15) is 23.4 Å². The van der Waals surface area contributed by atoms with Crippen molar-refractivity contribution < 1.29 is 18.3 Å². The topological polar surface area (TPSA) is 54.5 Å². The quantitative estimate of drug-likeness (QED) is 0.902. The summed E-state index contributed by atoms with van der Waals surface area (Å²) in [6.45, 7) is 0. The summed E-state index contributed by atoms with van der Waals surface area (Å²) in [5.41, 5.74) is -0.399. The fraction of sp³-hybridized carbons (Fsp3) is 0.368. The summed E-state index contributed by atoms with van der Waals surface area (Å²) < 4.78 is 33.5. The Kier molecular flexibility index (Phi) is 4.44. The third-order valence-electron chi connectivity index (χ3n) is 5.04. The van der Waals surface area contributed by atoms with E-state index in [0.29, 0.717) is 18.7 Å². The zero-order chi connectivity index (χ0) is 18.1. The fourth-order valence-electron chi connectivity index (χ4n) is 3.93. The van der Waals surface area contributed by atoms with Crippen LogP contribution in [0.4, 0.5) is 19.3 Å². The van der Waals surface area contributed by atoms with Crippen LogP contribution >= 0.6 is 0 Å². The molecule has 0 radical (unpaired) electrons. The van der Waals surface area contributed by atoms with Crippen molar-refractivity contribution in [3.05, 3.63) is 54.2 Å². The molecule has 2 aliphatic heterocycles. The first-order chi connectivity index (χ1) is 12.6. The molecule has 1 aromatic carbocycles. The molecule has 2 aromatic rings. The molecule has 2 bridgehead atoms. The van der Waals surface area contributed by atoms with E-state index in [1.807, 2.05) is 18.2 Å². The molecule has 26 heavy (non-hydrogen) atoms. The van der Waals surface area contributed by atoms with Crippen LogP contribution in [0.1, 0.15) is 25.7 Å². The lowest BCUT2D eigenvalue weighted by molar-refractivity contribution is 0.0703. The molecule has 3 heterocycles. The maximum atomic E-state index is 13.8. The third kappa shape index (κ3) is 3.21. The molecule has 2 aliphatic rings. The van der Waals surface area contributed by atoms with E-state index >= 15 is 0 Å². The lowest BCUT2D eigenvalue weighted by Crippen LogP contribution is -2.51. The molecule has 1 N–H and O–H groups in total. The summed E-state index contributed by atoms with van der Waals surface area (Å²) in [7, 11) is 0. The van der Waals surface area contributed by atoms with E-state index in [9.17, 15) is 13.6 Å². The van der Waals surface area contributed by atoms with Gasteiger partial charge in [-0.1, -0.05) is 12.1 Å². The van der Waals surface area contributed by atoms with Gasteiger partial charge < -0.3 is 15.0 Å². The van der Waals surface area contributed by atoms with Crippen molar-refractivity contribution in [2.45, 2.75) is 43.9 Å². The molecule has 0 spiro atoms. The number of rotatable bonds is 3. The van der Waals surface area contributed by atoms with Gasteiger partial charge in [0, 0.05) is 37.2 Å². The maximum Gasteiger partial charge on any atom is 0.322 e. The molecule has 2 atom stereocenters. The number of hydrogen-bond acceptors (Lipinski definition) is 3. The van der Waals surface area contributed by atoms with E-state index in [0.717, 1.165) is 25.0 Å². The van der Waals surface area contributed by atoms with Crippen molar-refractivity contribution in [1.29, 1.82) is 0 Å². The Morgan fingerprint density at radius 1 is 1.08 bits per heavy atom. The predicted octanol–water partition coefficient (Wildman–Crippen LogP) is 3.97. The molecule has 2 amide bonds. The molecule has 0 aliphatic carbocycles. The van der Waals surface area contributed by atoms with Gasteiger partial charge in [0.2, 0.25) is 5.88 Å². The Labute approximate surface area is 150 Å². The first kappa shape index (κ1) is 16.8. The Bertz CT molecular complexity index is 768. The van der Waals surface area contributed by atoms with Gasteiger partial charge >= 0.3 is 6.03 Å². The van der Waals surface area contributed by atoms with Crippen LogP contribution in [0.5, 0.6) is 5.88 Å².